The highest BCUT2D eigenvalue weighted by molar-refractivity contribution is 7.35. The number of benzene rings is 1. The number of aromatic nitrogens is 1. The number of hydrogen-bond acceptors (Lipinski definition) is 2. The van der Waals surface area contributed by atoms with Gasteiger partial charge in [-0.05, 0) is 12.1 Å². The normalized spacial score (nSPS) is 12.4. The van der Waals surface area contributed by atoms with E-state index >= 15 is 0 Å². The summed E-state index contributed by atoms with van der Waals surface area (Å²) in [7, 11) is -0.306. The lowest BCUT2D eigenvalue weighted by Gasteiger charge is -1.84. The Labute approximate surface area is 71.7 Å². The van der Waals surface area contributed by atoms with Crippen molar-refractivity contribution in [1.82, 2.24) is 4.98 Å². The van der Waals surface area contributed by atoms with Gasteiger partial charge in [-0.3, -0.25) is 0 Å². The first-order valence-corrected chi connectivity index (χ1v) is 4.81. The van der Waals surface area contributed by atoms with Crippen molar-refractivity contribution in [3.05, 3.63) is 28.7 Å². The third kappa shape index (κ3) is 1.11. The summed E-state index contributed by atoms with van der Waals surface area (Å²) < 4.78 is 1.08. The summed E-state index contributed by atoms with van der Waals surface area (Å²) in [6, 6.07) is 5.59. The highest BCUT2D eigenvalue weighted by atomic mass is 35.5. The lowest BCUT2D eigenvalue weighted by Crippen LogP contribution is -1.75. The average Bonchev–Trinajstić information content (AvgIpc) is 2.32. The van der Waals surface area contributed by atoms with E-state index < -0.39 is 0 Å². The number of nitrogens with zero attached hydrogens (tertiary/aromatic N) is 1. The molecule has 4 heteroatoms. The van der Waals surface area contributed by atoms with Crippen LogP contribution in [0.25, 0.3) is 10.2 Å². The highest BCUT2D eigenvalue weighted by Gasteiger charge is 2.09. The van der Waals surface area contributed by atoms with Gasteiger partial charge in [0, 0.05) is 11.1 Å². The van der Waals surface area contributed by atoms with Gasteiger partial charge in [-0.15, -0.1) is 5.14 Å². The molecule has 1 aromatic carbocycles. The molecule has 2 N–H and O–H groups in total. The molecule has 11 heavy (non-hydrogen) atoms. The summed E-state index contributed by atoms with van der Waals surface area (Å²) in [5.41, 5.74) is 2.66. The van der Waals surface area contributed by atoms with Crippen molar-refractivity contribution in [2.45, 2.75) is 0 Å². The van der Waals surface area contributed by atoms with Crippen molar-refractivity contribution in [3.8, 4) is 0 Å². The molecule has 0 spiro atoms. The second kappa shape index (κ2) is 2.44. The second-order valence-corrected chi connectivity index (χ2v) is 4.05. The number of thiazole rings is 1. The van der Waals surface area contributed by atoms with Gasteiger partial charge in [0.2, 0.25) is 4.70 Å². The van der Waals surface area contributed by atoms with Gasteiger partial charge < -0.3 is 0 Å². The van der Waals surface area contributed by atoms with Crippen molar-refractivity contribution >= 4 is 32.5 Å². The van der Waals surface area contributed by atoms with Crippen LogP contribution in [0.15, 0.2) is 23.7 Å². The molecule has 0 aliphatic heterocycles. The summed E-state index contributed by atoms with van der Waals surface area (Å²) in [4.78, 5) is 4.12. The van der Waals surface area contributed by atoms with Crippen LogP contribution in [0.5, 0.6) is 0 Å². The molecule has 1 aromatic heterocycles. The molecule has 0 saturated carbocycles. The predicted octanol–water partition coefficient (Wildman–Crippen LogP) is 2.35. The topological polar surface area (TPSA) is 38.9 Å². The third-order valence-electron chi connectivity index (χ3n) is 1.48. The van der Waals surface area contributed by atoms with Crippen molar-refractivity contribution in [1.29, 1.82) is 0 Å². The van der Waals surface area contributed by atoms with E-state index in [9.17, 15) is 0 Å². The zero-order valence-corrected chi connectivity index (χ0v) is 7.19. The molecule has 0 saturated heterocycles. The molecule has 2 aromatic rings. The molecule has 1 atom stereocenters. The van der Waals surface area contributed by atoms with Gasteiger partial charge in [-0.2, -0.15) is 4.98 Å². The van der Waals surface area contributed by atoms with E-state index in [0.29, 0.717) is 5.02 Å². The number of fused-ring (bicyclic) bond motifs is 1. The van der Waals surface area contributed by atoms with E-state index in [0.717, 1.165) is 10.2 Å². The summed E-state index contributed by atoms with van der Waals surface area (Å²) in [5.74, 6) is 0. The smallest absolute Gasteiger partial charge is 0.198 e. The largest absolute Gasteiger partial charge is 0.252 e. The molecular formula is C7H6ClN2S+. The van der Waals surface area contributed by atoms with Crippen LogP contribution < -0.4 is 5.14 Å². The Balaban J connectivity index is 2.86. The summed E-state index contributed by atoms with van der Waals surface area (Å²) in [5, 5.41) is 6.44. The first-order valence-electron chi connectivity index (χ1n) is 3.08. The molecule has 0 radical (unpaired) electrons. The van der Waals surface area contributed by atoms with E-state index in [2.05, 4.69) is 4.98 Å². The number of nitrogens with two attached hydrogens (primary N) is 1. The quantitative estimate of drug-likeness (QED) is 0.640. The van der Waals surface area contributed by atoms with Gasteiger partial charge in [0.25, 0.3) is 5.51 Å². The lowest BCUT2D eigenvalue weighted by molar-refractivity contribution is 1.50. The summed E-state index contributed by atoms with van der Waals surface area (Å²) in [6.45, 7) is 0. The van der Waals surface area contributed by atoms with Gasteiger partial charge >= 0.3 is 0 Å². The van der Waals surface area contributed by atoms with Crippen LogP contribution in [-0.4, -0.2) is 4.98 Å². The molecule has 0 bridgehead atoms. The van der Waals surface area contributed by atoms with Crippen LogP contribution >= 0.6 is 22.3 Å². The predicted molar refractivity (Wildman–Crippen MR) is 49.4 cm³/mol. The summed E-state index contributed by atoms with van der Waals surface area (Å²) >= 11 is 5.76. The van der Waals surface area contributed by atoms with Crippen LogP contribution in [0, 0.1) is 0 Å². The van der Waals surface area contributed by atoms with Gasteiger partial charge in [-0.25, -0.2) is 0 Å². The number of halogens is 1. The van der Waals surface area contributed by atoms with E-state index in [-0.39, 0.29) is 10.7 Å². The van der Waals surface area contributed by atoms with E-state index in [4.69, 9.17) is 16.7 Å². The van der Waals surface area contributed by atoms with Crippen LogP contribution in [0.1, 0.15) is 0 Å². The van der Waals surface area contributed by atoms with E-state index in [1.165, 1.54) is 0 Å². The summed E-state index contributed by atoms with van der Waals surface area (Å²) in [6.07, 6.45) is 0. The molecule has 2 rings (SSSR count). The van der Waals surface area contributed by atoms with Crippen molar-refractivity contribution < 1.29 is 0 Å². The van der Waals surface area contributed by atoms with Crippen LogP contribution in [0.2, 0.25) is 5.02 Å². The standard InChI is InChI=1S/C7H6ClN2S/c8-5-1-2-7-6(3-5)10-4-11(7)9/h1-4H,9H2/q+1. The molecule has 1 unspecified atom stereocenters. The fourth-order valence-electron chi connectivity index (χ4n) is 0.961. The van der Waals surface area contributed by atoms with Gasteiger partial charge in [-0.1, -0.05) is 11.6 Å². The molecule has 0 aliphatic carbocycles. The number of rotatable bonds is 0. The van der Waals surface area contributed by atoms with Gasteiger partial charge in [0.15, 0.2) is 0 Å². The Hall–Kier alpha value is -0.640. The molecule has 0 aliphatic rings. The molecule has 56 valence electrons. The first kappa shape index (κ1) is 7.03. The number of nitrogen functional groups attached to an aromatic ring is 1. The SMILES string of the molecule is N[s+]1cnc2cc(Cl)ccc21. The Bertz CT molecular complexity index is 396. The number of hydrogen-bond donors (Lipinski definition) is 1. The molecule has 2 nitrogen and oxygen atoms in total. The molecular weight excluding hydrogens is 180 g/mol. The third-order valence-corrected chi connectivity index (χ3v) is 2.90. The fraction of sp³-hybridized carbons (Fsp3) is 0. The van der Waals surface area contributed by atoms with E-state index in [1.54, 1.807) is 5.51 Å². The maximum Gasteiger partial charge on any atom is 0.252 e. The zero-order valence-electron chi connectivity index (χ0n) is 5.62. The van der Waals surface area contributed by atoms with Crippen molar-refractivity contribution in [2.75, 3.05) is 5.14 Å². The minimum absolute atomic E-state index is 0.306. The van der Waals surface area contributed by atoms with Crippen LogP contribution in [-0.2, 0) is 0 Å². The van der Waals surface area contributed by atoms with Gasteiger partial charge in [0.1, 0.15) is 5.52 Å². The Morgan fingerprint density at radius 2 is 2.27 bits per heavy atom. The molecule has 0 fully saturated rings. The van der Waals surface area contributed by atoms with Gasteiger partial charge in [0.05, 0.1) is 10.7 Å². The minimum atomic E-state index is -0.306. The van der Waals surface area contributed by atoms with Crippen LogP contribution in [0.4, 0.5) is 0 Å². The second-order valence-electron chi connectivity index (χ2n) is 2.22. The van der Waals surface area contributed by atoms with E-state index in [1.807, 2.05) is 18.2 Å². The highest BCUT2D eigenvalue weighted by Crippen LogP contribution is 2.25. The average molecular weight is 186 g/mol. The first-order chi connectivity index (χ1) is 5.27. The van der Waals surface area contributed by atoms with Crippen LogP contribution in [0.3, 0.4) is 0 Å². The zero-order chi connectivity index (χ0) is 7.84. The Morgan fingerprint density at radius 1 is 1.45 bits per heavy atom. The Kier molecular flexibility index (Phi) is 1.56. The Morgan fingerprint density at radius 3 is 3.09 bits per heavy atom. The van der Waals surface area contributed by atoms with Crippen molar-refractivity contribution in [3.63, 3.8) is 0 Å². The molecule has 1 heterocycles. The maximum absolute atomic E-state index is 5.76. The molecule has 0 amide bonds. The fourth-order valence-corrected chi connectivity index (χ4v) is 2.05. The van der Waals surface area contributed by atoms with Crippen molar-refractivity contribution in [2.24, 2.45) is 0 Å². The maximum atomic E-state index is 5.76. The lowest BCUT2D eigenvalue weighted by atomic mass is 10.3. The monoisotopic (exact) mass is 185 g/mol. The minimum Gasteiger partial charge on any atom is -0.198 e.